The Morgan fingerprint density at radius 2 is 1.72 bits per heavy atom. The van der Waals surface area contributed by atoms with Gasteiger partial charge in [0.1, 0.15) is 6.04 Å². The zero-order chi connectivity index (χ0) is 22.8. The van der Waals surface area contributed by atoms with E-state index >= 15 is 0 Å². The number of fused-ring (bicyclic) bond motifs is 1. The van der Waals surface area contributed by atoms with Gasteiger partial charge in [-0.3, -0.25) is 19.3 Å². The van der Waals surface area contributed by atoms with E-state index in [-0.39, 0.29) is 18.2 Å². The summed E-state index contributed by atoms with van der Waals surface area (Å²) in [5.41, 5.74) is 4.24. The van der Waals surface area contributed by atoms with Gasteiger partial charge in [0.25, 0.3) is 5.91 Å². The average molecular weight is 448 g/mol. The van der Waals surface area contributed by atoms with E-state index in [1.165, 1.54) is 4.90 Å². The third kappa shape index (κ3) is 4.36. The molecule has 0 spiro atoms. The van der Waals surface area contributed by atoms with E-state index in [0.29, 0.717) is 27.6 Å². The number of anilines is 3. The van der Waals surface area contributed by atoms with Gasteiger partial charge in [-0.2, -0.15) is 0 Å². The maximum atomic E-state index is 13.4. The average Bonchev–Trinajstić information content (AvgIpc) is 2.77. The summed E-state index contributed by atoms with van der Waals surface area (Å²) in [7, 11) is 0. The molecule has 1 aliphatic rings. The second-order valence-electron chi connectivity index (χ2n) is 7.76. The Labute approximate surface area is 191 Å². The van der Waals surface area contributed by atoms with Gasteiger partial charge in [-0.25, -0.2) is 0 Å². The number of nitrogens with zero attached hydrogens (tertiary/aromatic N) is 1. The lowest BCUT2D eigenvalue weighted by atomic mass is 10.0. The fourth-order valence-electron chi connectivity index (χ4n) is 3.66. The third-order valence-electron chi connectivity index (χ3n) is 5.52. The van der Waals surface area contributed by atoms with Gasteiger partial charge in [0, 0.05) is 16.3 Å². The predicted molar refractivity (Wildman–Crippen MR) is 126 cm³/mol. The molecule has 1 atom stereocenters. The van der Waals surface area contributed by atoms with Gasteiger partial charge in [0.15, 0.2) is 0 Å². The van der Waals surface area contributed by atoms with Crippen molar-refractivity contribution < 1.29 is 14.4 Å². The summed E-state index contributed by atoms with van der Waals surface area (Å²) in [5.74, 6) is -1.16. The van der Waals surface area contributed by atoms with Crippen molar-refractivity contribution >= 4 is 46.4 Å². The van der Waals surface area contributed by atoms with E-state index in [4.69, 9.17) is 11.6 Å². The standard InChI is InChI=1S/C25H22ClN3O3/c1-15-7-12-19(13-16(15)2)27-23(30)14-22-24(31)28-20-5-3-4-6-21(20)29(22)25(32)17-8-10-18(26)11-9-17/h3-13,22H,14H2,1-2H3,(H,27,30)(H,28,31)/t22-/m1/s1. The maximum absolute atomic E-state index is 13.4. The van der Waals surface area contributed by atoms with Crippen LogP contribution < -0.4 is 15.5 Å². The number of halogens is 1. The summed E-state index contributed by atoms with van der Waals surface area (Å²) in [5, 5.41) is 6.14. The molecule has 0 fully saturated rings. The van der Waals surface area contributed by atoms with Crippen LogP contribution in [0.1, 0.15) is 27.9 Å². The van der Waals surface area contributed by atoms with Gasteiger partial charge in [-0.1, -0.05) is 29.8 Å². The van der Waals surface area contributed by atoms with Gasteiger partial charge < -0.3 is 10.6 Å². The molecule has 0 unspecified atom stereocenters. The van der Waals surface area contributed by atoms with Crippen molar-refractivity contribution in [2.75, 3.05) is 15.5 Å². The van der Waals surface area contributed by atoms with Crippen molar-refractivity contribution in [3.63, 3.8) is 0 Å². The fraction of sp³-hybridized carbons (Fsp3) is 0.160. The first-order valence-corrected chi connectivity index (χ1v) is 10.6. The lowest BCUT2D eigenvalue weighted by Gasteiger charge is -2.36. The molecule has 3 aromatic carbocycles. The topological polar surface area (TPSA) is 78.5 Å². The lowest BCUT2D eigenvalue weighted by molar-refractivity contribution is -0.122. The molecule has 3 aromatic rings. The highest BCUT2D eigenvalue weighted by molar-refractivity contribution is 6.30. The number of carbonyl (C=O) groups is 3. The monoisotopic (exact) mass is 447 g/mol. The summed E-state index contributed by atoms with van der Waals surface area (Å²) in [6.45, 7) is 3.95. The molecule has 0 aliphatic carbocycles. The van der Waals surface area contributed by atoms with Crippen LogP contribution in [0.3, 0.4) is 0 Å². The van der Waals surface area contributed by atoms with Gasteiger partial charge in [-0.05, 0) is 73.5 Å². The number of rotatable bonds is 4. The van der Waals surface area contributed by atoms with Crippen molar-refractivity contribution in [1.29, 1.82) is 0 Å². The van der Waals surface area contributed by atoms with Crippen LogP contribution in [0.2, 0.25) is 5.02 Å². The molecule has 0 saturated carbocycles. The SMILES string of the molecule is Cc1ccc(NC(=O)C[C@@H]2C(=O)Nc3ccccc3N2C(=O)c2ccc(Cl)cc2)cc1C. The van der Waals surface area contributed by atoms with E-state index in [9.17, 15) is 14.4 Å². The minimum atomic E-state index is -1.00. The summed E-state index contributed by atoms with van der Waals surface area (Å²) < 4.78 is 0. The lowest BCUT2D eigenvalue weighted by Crippen LogP contribution is -2.52. The molecule has 6 nitrogen and oxygen atoms in total. The molecule has 0 aromatic heterocycles. The maximum Gasteiger partial charge on any atom is 0.259 e. The molecule has 1 heterocycles. The van der Waals surface area contributed by atoms with Crippen molar-refractivity contribution in [2.45, 2.75) is 26.3 Å². The van der Waals surface area contributed by atoms with E-state index in [1.54, 1.807) is 48.5 Å². The number of nitrogens with one attached hydrogen (secondary N) is 2. The number of benzene rings is 3. The highest BCUT2D eigenvalue weighted by Gasteiger charge is 2.38. The predicted octanol–water partition coefficient (Wildman–Crippen LogP) is 4.95. The van der Waals surface area contributed by atoms with Crippen LogP contribution in [0.25, 0.3) is 0 Å². The number of carbonyl (C=O) groups excluding carboxylic acids is 3. The molecule has 1 aliphatic heterocycles. The molecule has 0 radical (unpaired) electrons. The van der Waals surface area contributed by atoms with Crippen LogP contribution in [-0.2, 0) is 9.59 Å². The molecular weight excluding hydrogens is 426 g/mol. The van der Waals surface area contributed by atoms with Crippen molar-refractivity contribution in [3.05, 3.63) is 88.4 Å². The van der Waals surface area contributed by atoms with E-state index in [2.05, 4.69) is 10.6 Å². The van der Waals surface area contributed by atoms with Crippen LogP contribution in [0.15, 0.2) is 66.7 Å². The Balaban J connectivity index is 1.64. The Kier molecular flexibility index (Phi) is 5.97. The van der Waals surface area contributed by atoms with Gasteiger partial charge in [0.05, 0.1) is 17.8 Å². The molecule has 0 bridgehead atoms. The van der Waals surface area contributed by atoms with Gasteiger partial charge >= 0.3 is 0 Å². The third-order valence-corrected chi connectivity index (χ3v) is 5.77. The summed E-state index contributed by atoms with van der Waals surface area (Å²) in [6.07, 6.45) is -0.188. The van der Waals surface area contributed by atoms with Crippen molar-refractivity contribution in [1.82, 2.24) is 0 Å². The number of hydrogen-bond donors (Lipinski definition) is 2. The second kappa shape index (κ2) is 8.85. The molecule has 162 valence electrons. The molecule has 2 N–H and O–H groups in total. The van der Waals surface area contributed by atoms with Crippen LogP contribution in [-0.4, -0.2) is 23.8 Å². The van der Waals surface area contributed by atoms with Crippen LogP contribution >= 0.6 is 11.6 Å². The molecular formula is C25H22ClN3O3. The highest BCUT2D eigenvalue weighted by Crippen LogP contribution is 2.34. The van der Waals surface area contributed by atoms with Gasteiger partial charge in [0.2, 0.25) is 11.8 Å². The quantitative estimate of drug-likeness (QED) is 0.593. The first-order chi connectivity index (χ1) is 15.3. The Morgan fingerprint density at radius 3 is 2.44 bits per heavy atom. The second-order valence-corrected chi connectivity index (χ2v) is 8.19. The molecule has 4 rings (SSSR count). The largest absolute Gasteiger partial charge is 0.326 e. The summed E-state index contributed by atoms with van der Waals surface area (Å²) >= 11 is 5.96. The highest BCUT2D eigenvalue weighted by atomic mass is 35.5. The smallest absolute Gasteiger partial charge is 0.259 e. The first kappa shape index (κ1) is 21.6. The minimum Gasteiger partial charge on any atom is -0.326 e. The molecule has 32 heavy (non-hydrogen) atoms. The first-order valence-electron chi connectivity index (χ1n) is 10.2. The number of amides is 3. The molecule has 7 heteroatoms. The zero-order valence-electron chi connectivity index (χ0n) is 17.7. The van der Waals surface area contributed by atoms with Gasteiger partial charge in [-0.15, -0.1) is 0 Å². The summed E-state index contributed by atoms with van der Waals surface area (Å²) in [4.78, 5) is 40.6. The van der Waals surface area contributed by atoms with Crippen LogP contribution in [0.5, 0.6) is 0 Å². The van der Waals surface area contributed by atoms with E-state index in [0.717, 1.165) is 11.1 Å². The minimum absolute atomic E-state index is 0.188. The van der Waals surface area contributed by atoms with Crippen molar-refractivity contribution in [3.8, 4) is 0 Å². The molecule has 3 amide bonds. The Hall–Kier alpha value is -3.64. The fourth-order valence-corrected chi connectivity index (χ4v) is 3.79. The Bertz CT molecular complexity index is 1210. The molecule has 0 saturated heterocycles. The Morgan fingerprint density at radius 1 is 1.00 bits per heavy atom. The normalized spacial score (nSPS) is 15.0. The zero-order valence-corrected chi connectivity index (χ0v) is 18.4. The number of hydrogen-bond acceptors (Lipinski definition) is 3. The van der Waals surface area contributed by atoms with Crippen LogP contribution in [0.4, 0.5) is 17.1 Å². The van der Waals surface area contributed by atoms with E-state index in [1.807, 2.05) is 32.0 Å². The number of para-hydroxylation sites is 2. The summed E-state index contributed by atoms with van der Waals surface area (Å²) in [6, 6.07) is 18.1. The van der Waals surface area contributed by atoms with Crippen LogP contribution in [0, 0.1) is 13.8 Å². The van der Waals surface area contributed by atoms with Crippen molar-refractivity contribution in [2.24, 2.45) is 0 Å². The number of aryl methyl sites for hydroxylation is 2. The van der Waals surface area contributed by atoms with E-state index < -0.39 is 11.9 Å².